The Hall–Kier alpha value is -2.54. The van der Waals surface area contributed by atoms with Crippen LogP contribution in [-0.2, 0) is 11.0 Å². The number of halogens is 4. The number of nitrogens with one attached hydrogen (secondary N) is 1. The predicted octanol–water partition coefficient (Wildman–Crippen LogP) is 4.20. The average molecular weight is 371 g/mol. The van der Waals surface area contributed by atoms with E-state index in [-0.39, 0.29) is 12.2 Å². The Labute approximate surface area is 147 Å². The number of hydrogen-bond donors (Lipinski definition) is 1. The van der Waals surface area contributed by atoms with E-state index in [1.54, 1.807) is 25.1 Å². The van der Waals surface area contributed by atoms with Crippen molar-refractivity contribution in [3.8, 4) is 5.75 Å². The van der Waals surface area contributed by atoms with Gasteiger partial charge in [0.25, 0.3) is 5.91 Å². The Morgan fingerprint density at radius 2 is 2.04 bits per heavy atom. The minimum Gasteiger partial charge on any atom is -0.484 e. The van der Waals surface area contributed by atoms with Crippen molar-refractivity contribution in [1.29, 1.82) is 0 Å². The maximum absolute atomic E-state index is 12.6. The molecule has 0 atom stereocenters. The van der Waals surface area contributed by atoms with Crippen LogP contribution in [0.4, 0.5) is 13.2 Å². The van der Waals surface area contributed by atoms with Crippen molar-refractivity contribution in [3.05, 3.63) is 64.2 Å². The second-order valence-electron chi connectivity index (χ2n) is 5.12. The summed E-state index contributed by atoms with van der Waals surface area (Å²) in [5.74, 6) is -0.0743. The van der Waals surface area contributed by atoms with Crippen LogP contribution in [0.5, 0.6) is 5.75 Å². The van der Waals surface area contributed by atoms with Crippen LogP contribution in [0.1, 0.15) is 16.7 Å². The third-order valence-electron chi connectivity index (χ3n) is 3.12. The fourth-order valence-electron chi connectivity index (χ4n) is 1.86. The third kappa shape index (κ3) is 5.79. The highest BCUT2D eigenvalue weighted by Gasteiger charge is 2.30. The van der Waals surface area contributed by atoms with Crippen molar-refractivity contribution in [2.24, 2.45) is 5.10 Å². The topological polar surface area (TPSA) is 50.7 Å². The summed E-state index contributed by atoms with van der Waals surface area (Å²) >= 11 is 5.88. The highest BCUT2D eigenvalue weighted by molar-refractivity contribution is 6.31. The van der Waals surface area contributed by atoms with Gasteiger partial charge in [0.2, 0.25) is 0 Å². The lowest BCUT2D eigenvalue weighted by atomic mass is 10.1. The zero-order chi connectivity index (χ0) is 18.4. The Balaban J connectivity index is 1.87. The van der Waals surface area contributed by atoms with E-state index in [0.717, 1.165) is 23.9 Å². The molecule has 1 amide bonds. The number of alkyl halides is 3. The lowest BCUT2D eigenvalue weighted by Crippen LogP contribution is -2.24. The number of hydrazone groups is 1. The fourth-order valence-corrected chi connectivity index (χ4v) is 1.98. The molecule has 0 aliphatic rings. The van der Waals surface area contributed by atoms with Gasteiger partial charge in [0, 0.05) is 5.02 Å². The quantitative estimate of drug-likeness (QED) is 0.633. The van der Waals surface area contributed by atoms with E-state index in [4.69, 9.17) is 16.3 Å². The van der Waals surface area contributed by atoms with Gasteiger partial charge in [-0.2, -0.15) is 18.3 Å². The first-order valence-corrected chi connectivity index (χ1v) is 7.51. The molecule has 4 nitrogen and oxygen atoms in total. The minimum atomic E-state index is -4.43. The lowest BCUT2D eigenvalue weighted by molar-refractivity contribution is -0.137. The van der Waals surface area contributed by atoms with Crippen LogP contribution in [0.25, 0.3) is 0 Å². The van der Waals surface area contributed by atoms with Crippen LogP contribution < -0.4 is 10.2 Å². The Bertz CT molecular complexity index is 792. The number of ether oxygens (including phenoxy) is 1. The number of benzene rings is 2. The van der Waals surface area contributed by atoms with E-state index in [2.05, 4.69) is 10.5 Å². The monoisotopic (exact) mass is 370 g/mol. The minimum absolute atomic E-state index is 0.212. The molecule has 0 heterocycles. The van der Waals surface area contributed by atoms with Gasteiger partial charge in [-0.3, -0.25) is 4.79 Å². The predicted molar refractivity (Wildman–Crippen MR) is 88.9 cm³/mol. The van der Waals surface area contributed by atoms with Crippen molar-refractivity contribution in [2.75, 3.05) is 6.61 Å². The van der Waals surface area contributed by atoms with Crippen LogP contribution >= 0.6 is 11.6 Å². The molecule has 0 aliphatic carbocycles. The molecule has 0 aliphatic heterocycles. The normalized spacial score (nSPS) is 11.6. The number of nitrogens with zero attached hydrogens (tertiary/aromatic N) is 1. The number of amides is 1. The molecule has 0 saturated carbocycles. The molecule has 0 fully saturated rings. The van der Waals surface area contributed by atoms with Gasteiger partial charge in [0.1, 0.15) is 5.75 Å². The second kappa shape index (κ2) is 8.02. The molecule has 1 N–H and O–H groups in total. The van der Waals surface area contributed by atoms with Crippen molar-refractivity contribution in [2.45, 2.75) is 13.1 Å². The Kier molecular flexibility index (Phi) is 6.03. The van der Waals surface area contributed by atoms with Crippen LogP contribution in [0.3, 0.4) is 0 Å². The fraction of sp³-hybridized carbons (Fsp3) is 0.176. The van der Waals surface area contributed by atoms with E-state index in [1.165, 1.54) is 12.1 Å². The molecule has 25 heavy (non-hydrogen) atoms. The number of carbonyl (C=O) groups excluding carboxylic acids is 1. The SMILES string of the molecule is Cc1cc(OCC(=O)N/N=C/c2cccc(C(F)(F)F)c2)ccc1Cl. The molecule has 2 aromatic carbocycles. The van der Waals surface area contributed by atoms with Crippen molar-refractivity contribution in [3.63, 3.8) is 0 Å². The number of rotatable bonds is 5. The molecule has 0 unspecified atom stereocenters. The Morgan fingerprint density at radius 3 is 2.72 bits per heavy atom. The van der Waals surface area contributed by atoms with Gasteiger partial charge < -0.3 is 4.74 Å². The molecule has 8 heteroatoms. The van der Waals surface area contributed by atoms with Crippen molar-refractivity contribution < 1.29 is 22.7 Å². The van der Waals surface area contributed by atoms with E-state index in [1.807, 2.05) is 0 Å². The first-order valence-electron chi connectivity index (χ1n) is 7.14. The largest absolute Gasteiger partial charge is 0.484 e. The lowest BCUT2D eigenvalue weighted by Gasteiger charge is -2.07. The zero-order valence-electron chi connectivity index (χ0n) is 13.1. The molecule has 0 spiro atoms. The first kappa shape index (κ1) is 18.8. The molecule has 2 aromatic rings. The van der Waals surface area contributed by atoms with Gasteiger partial charge in [0.15, 0.2) is 6.61 Å². The van der Waals surface area contributed by atoms with Gasteiger partial charge in [0.05, 0.1) is 11.8 Å². The van der Waals surface area contributed by atoms with E-state index >= 15 is 0 Å². The molecule has 0 bridgehead atoms. The molecule has 0 saturated heterocycles. The standard InChI is InChI=1S/C17H14ClF3N2O2/c1-11-7-14(5-6-15(11)18)25-10-16(24)23-22-9-12-3-2-4-13(8-12)17(19,20)21/h2-9H,10H2,1H3,(H,23,24)/b22-9+. The molecule has 132 valence electrons. The van der Waals surface area contributed by atoms with Crippen LogP contribution in [0.2, 0.25) is 5.02 Å². The van der Waals surface area contributed by atoms with Gasteiger partial charge in [-0.25, -0.2) is 5.43 Å². The number of aryl methyl sites for hydroxylation is 1. The molecular weight excluding hydrogens is 357 g/mol. The summed E-state index contributed by atoms with van der Waals surface area (Å²) in [5.41, 5.74) is 2.42. The summed E-state index contributed by atoms with van der Waals surface area (Å²) in [4.78, 5) is 11.6. The third-order valence-corrected chi connectivity index (χ3v) is 3.54. The summed E-state index contributed by atoms with van der Waals surface area (Å²) in [5, 5.41) is 4.20. The smallest absolute Gasteiger partial charge is 0.416 e. The van der Waals surface area contributed by atoms with Gasteiger partial charge >= 0.3 is 6.18 Å². The summed E-state index contributed by atoms with van der Waals surface area (Å²) in [7, 11) is 0. The first-order chi connectivity index (χ1) is 11.8. The van der Waals surface area contributed by atoms with Crippen LogP contribution in [-0.4, -0.2) is 18.7 Å². The number of carbonyl (C=O) groups is 1. The second-order valence-corrected chi connectivity index (χ2v) is 5.52. The molecule has 2 rings (SSSR count). The molecule has 0 radical (unpaired) electrons. The van der Waals surface area contributed by atoms with Crippen LogP contribution in [0.15, 0.2) is 47.6 Å². The van der Waals surface area contributed by atoms with E-state index in [0.29, 0.717) is 10.8 Å². The maximum Gasteiger partial charge on any atom is 0.416 e. The summed E-state index contributed by atoms with van der Waals surface area (Å²) in [6.07, 6.45) is -3.31. The summed E-state index contributed by atoms with van der Waals surface area (Å²) < 4.78 is 43.1. The highest BCUT2D eigenvalue weighted by atomic mass is 35.5. The average Bonchev–Trinajstić information content (AvgIpc) is 2.55. The summed E-state index contributed by atoms with van der Waals surface area (Å²) in [6, 6.07) is 9.54. The Morgan fingerprint density at radius 1 is 1.28 bits per heavy atom. The van der Waals surface area contributed by atoms with Gasteiger partial charge in [-0.15, -0.1) is 0 Å². The van der Waals surface area contributed by atoms with Crippen molar-refractivity contribution >= 4 is 23.7 Å². The zero-order valence-corrected chi connectivity index (χ0v) is 13.9. The molecular formula is C17H14ClF3N2O2. The summed E-state index contributed by atoms with van der Waals surface area (Å²) in [6.45, 7) is 1.51. The highest BCUT2D eigenvalue weighted by Crippen LogP contribution is 2.29. The maximum atomic E-state index is 12.6. The van der Waals surface area contributed by atoms with Gasteiger partial charge in [-0.05, 0) is 48.4 Å². The molecule has 0 aromatic heterocycles. The van der Waals surface area contributed by atoms with Gasteiger partial charge in [-0.1, -0.05) is 23.7 Å². The van der Waals surface area contributed by atoms with Crippen LogP contribution in [0, 0.1) is 6.92 Å². The van der Waals surface area contributed by atoms with Crippen molar-refractivity contribution in [1.82, 2.24) is 5.43 Å². The number of hydrogen-bond acceptors (Lipinski definition) is 3. The van der Waals surface area contributed by atoms with E-state index < -0.39 is 17.6 Å². The van der Waals surface area contributed by atoms with E-state index in [9.17, 15) is 18.0 Å².